The molecule has 1 aliphatic rings. The van der Waals surface area contributed by atoms with Crippen LogP contribution >= 0.6 is 12.2 Å². The second kappa shape index (κ2) is 8.70. The molecule has 9 nitrogen and oxygen atoms in total. The molecule has 30 heavy (non-hydrogen) atoms. The van der Waals surface area contributed by atoms with Gasteiger partial charge in [0, 0.05) is 23.5 Å². The van der Waals surface area contributed by atoms with Crippen molar-refractivity contribution in [3.8, 4) is 0 Å². The van der Waals surface area contributed by atoms with Crippen LogP contribution < -0.4 is 16.0 Å². The summed E-state index contributed by atoms with van der Waals surface area (Å²) < 4.78 is 4.86. The van der Waals surface area contributed by atoms with Gasteiger partial charge in [0.1, 0.15) is 0 Å². The molecule has 0 fully saturated rings. The van der Waals surface area contributed by atoms with E-state index in [0.29, 0.717) is 33.2 Å². The van der Waals surface area contributed by atoms with Crippen molar-refractivity contribution in [1.82, 2.24) is 10.6 Å². The lowest BCUT2D eigenvalue weighted by Gasteiger charge is -2.31. The van der Waals surface area contributed by atoms with Gasteiger partial charge in [-0.05, 0) is 42.9 Å². The number of allylic oxidation sites excluding steroid dienone is 1. The Hall–Kier alpha value is -3.79. The number of hydrogen-bond acceptors (Lipinski definition) is 6. The maximum absolute atomic E-state index is 13.1. The average Bonchev–Trinajstić information content (AvgIpc) is 2.72. The molecule has 0 spiro atoms. The molecule has 1 aliphatic heterocycles. The smallest absolute Gasteiger partial charge is 0.338 e. The molecule has 1 heterocycles. The molecule has 0 saturated carbocycles. The van der Waals surface area contributed by atoms with Crippen LogP contribution in [-0.2, 0) is 9.53 Å². The van der Waals surface area contributed by atoms with Crippen LogP contribution in [0.15, 0.2) is 59.8 Å². The van der Waals surface area contributed by atoms with Crippen LogP contribution in [0, 0.1) is 10.1 Å². The maximum Gasteiger partial charge on any atom is 0.338 e. The molecule has 3 N–H and O–H groups in total. The number of nitro groups is 1. The molecule has 2 aromatic carbocycles. The van der Waals surface area contributed by atoms with Gasteiger partial charge in [-0.1, -0.05) is 18.2 Å². The lowest BCUT2D eigenvalue weighted by atomic mass is 9.91. The fraction of sp³-hybridized carbons (Fsp3) is 0.150. The first-order valence-electron chi connectivity index (χ1n) is 8.83. The topological polar surface area (TPSA) is 123 Å². The van der Waals surface area contributed by atoms with Crippen molar-refractivity contribution in [2.45, 2.75) is 13.0 Å². The summed E-state index contributed by atoms with van der Waals surface area (Å²) in [6.45, 7) is 1.70. The number of hydrogen-bond donors (Lipinski definition) is 3. The summed E-state index contributed by atoms with van der Waals surface area (Å²) in [6.07, 6.45) is 0. The monoisotopic (exact) mass is 426 g/mol. The summed E-state index contributed by atoms with van der Waals surface area (Å²) in [5.41, 5.74) is 1.97. The fourth-order valence-corrected chi connectivity index (χ4v) is 3.41. The van der Waals surface area contributed by atoms with Crippen molar-refractivity contribution in [3.05, 3.63) is 81.0 Å². The van der Waals surface area contributed by atoms with Crippen LogP contribution in [0.4, 0.5) is 11.4 Å². The molecule has 1 atom stereocenters. The Bertz CT molecular complexity index is 1070. The molecule has 0 aliphatic carbocycles. The maximum atomic E-state index is 13.1. The fourth-order valence-electron chi connectivity index (χ4n) is 3.14. The molecule has 1 amide bonds. The normalized spacial score (nSPS) is 15.7. The van der Waals surface area contributed by atoms with Gasteiger partial charge in [-0.3, -0.25) is 14.9 Å². The number of benzene rings is 2. The Kier molecular flexibility index (Phi) is 6.07. The van der Waals surface area contributed by atoms with E-state index in [2.05, 4.69) is 16.0 Å². The number of methoxy groups -OCH3 is 1. The van der Waals surface area contributed by atoms with Gasteiger partial charge in [-0.2, -0.15) is 0 Å². The van der Waals surface area contributed by atoms with Crippen molar-refractivity contribution in [3.63, 3.8) is 0 Å². The zero-order chi connectivity index (χ0) is 21.8. The van der Waals surface area contributed by atoms with E-state index in [9.17, 15) is 19.7 Å². The van der Waals surface area contributed by atoms with E-state index in [1.807, 2.05) is 0 Å². The first-order chi connectivity index (χ1) is 14.3. The minimum Gasteiger partial charge on any atom is -0.465 e. The van der Waals surface area contributed by atoms with Crippen molar-refractivity contribution in [2.24, 2.45) is 0 Å². The van der Waals surface area contributed by atoms with Crippen LogP contribution in [-0.4, -0.2) is 29.0 Å². The molecule has 0 bridgehead atoms. The molecule has 10 heteroatoms. The SMILES string of the molecule is COC(=O)c1ccccc1C1NC(=S)NC(C)=C1C(=O)Nc1ccc([N+](=O)[O-])cc1. The number of nitrogens with one attached hydrogen (secondary N) is 3. The van der Waals surface area contributed by atoms with E-state index in [-0.39, 0.29) is 5.69 Å². The number of non-ortho nitro benzene ring substituents is 1. The number of carbonyl (C=O) groups is 2. The molecule has 0 saturated heterocycles. The number of rotatable bonds is 5. The number of ether oxygens (including phenoxy) is 1. The Labute approximate surface area is 177 Å². The summed E-state index contributed by atoms with van der Waals surface area (Å²) >= 11 is 5.24. The number of anilines is 1. The predicted molar refractivity (Wildman–Crippen MR) is 114 cm³/mol. The number of carbonyl (C=O) groups excluding carboxylic acids is 2. The number of thiocarbonyl (C=S) groups is 1. The minimum absolute atomic E-state index is 0.0837. The van der Waals surface area contributed by atoms with Gasteiger partial charge in [0.05, 0.1) is 29.2 Å². The van der Waals surface area contributed by atoms with Crippen molar-refractivity contribution < 1.29 is 19.2 Å². The first kappa shape index (κ1) is 20.9. The van der Waals surface area contributed by atoms with Crippen LogP contribution in [0.25, 0.3) is 0 Å². The quantitative estimate of drug-likeness (QED) is 0.289. The summed E-state index contributed by atoms with van der Waals surface area (Å²) in [5.74, 6) is -0.988. The van der Waals surface area contributed by atoms with Crippen molar-refractivity contribution >= 4 is 40.6 Å². The predicted octanol–water partition coefficient (Wildman–Crippen LogP) is 2.81. The van der Waals surface area contributed by atoms with E-state index in [1.165, 1.54) is 31.4 Å². The second-order valence-corrected chi connectivity index (χ2v) is 6.82. The number of nitrogens with zero attached hydrogens (tertiary/aromatic N) is 1. The van der Waals surface area contributed by atoms with Gasteiger partial charge in [0.2, 0.25) is 0 Å². The Morgan fingerprint density at radius 2 is 1.83 bits per heavy atom. The van der Waals surface area contributed by atoms with Gasteiger partial charge < -0.3 is 20.7 Å². The summed E-state index contributed by atoms with van der Waals surface area (Å²) in [7, 11) is 1.28. The molecule has 2 aromatic rings. The Balaban J connectivity index is 1.97. The highest BCUT2D eigenvalue weighted by Crippen LogP contribution is 2.30. The minimum atomic E-state index is -0.702. The van der Waals surface area contributed by atoms with E-state index < -0.39 is 22.8 Å². The molecule has 154 valence electrons. The molecular formula is C20H18N4O5S. The standard InChI is InChI=1S/C20H18N4O5S/c1-11-16(18(25)22-12-7-9-13(10-8-12)24(27)28)17(23-20(30)21-11)14-5-3-4-6-15(14)19(26)29-2/h3-10,17H,1-2H3,(H,22,25)(H2,21,23,30). The second-order valence-electron chi connectivity index (χ2n) is 6.41. The van der Waals surface area contributed by atoms with Crippen molar-refractivity contribution in [1.29, 1.82) is 0 Å². The summed E-state index contributed by atoms with van der Waals surface area (Å²) in [6, 6.07) is 11.5. The van der Waals surface area contributed by atoms with Gasteiger partial charge in [0.15, 0.2) is 5.11 Å². The molecular weight excluding hydrogens is 408 g/mol. The third kappa shape index (κ3) is 4.28. The largest absolute Gasteiger partial charge is 0.465 e. The zero-order valence-corrected chi connectivity index (χ0v) is 16.9. The van der Waals surface area contributed by atoms with Crippen LogP contribution in [0.5, 0.6) is 0 Å². The van der Waals surface area contributed by atoms with Crippen LogP contribution in [0.2, 0.25) is 0 Å². The molecule has 0 radical (unpaired) electrons. The third-order valence-electron chi connectivity index (χ3n) is 4.53. The number of nitro benzene ring substituents is 1. The lowest BCUT2D eigenvalue weighted by molar-refractivity contribution is -0.384. The third-order valence-corrected chi connectivity index (χ3v) is 4.75. The van der Waals surface area contributed by atoms with Crippen LogP contribution in [0.3, 0.4) is 0 Å². The number of amides is 1. The highest BCUT2D eigenvalue weighted by molar-refractivity contribution is 7.80. The highest BCUT2D eigenvalue weighted by Gasteiger charge is 2.32. The Morgan fingerprint density at radius 3 is 2.47 bits per heavy atom. The van der Waals surface area contributed by atoms with E-state index in [0.717, 1.165) is 0 Å². The van der Waals surface area contributed by atoms with Crippen LogP contribution in [0.1, 0.15) is 28.9 Å². The van der Waals surface area contributed by atoms with Gasteiger partial charge in [-0.25, -0.2) is 4.79 Å². The van der Waals surface area contributed by atoms with E-state index in [4.69, 9.17) is 17.0 Å². The average molecular weight is 426 g/mol. The highest BCUT2D eigenvalue weighted by atomic mass is 32.1. The Morgan fingerprint density at radius 1 is 1.17 bits per heavy atom. The first-order valence-corrected chi connectivity index (χ1v) is 9.24. The van der Waals surface area contributed by atoms with Crippen molar-refractivity contribution in [2.75, 3.05) is 12.4 Å². The summed E-state index contributed by atoms with van der Waals surface area (Å²) in [5, 5.41) is 19.8. The van der Waals surface area contributed by atoms with E-state index >= 15 is 0 Å². The number of esters is 1. The van der Waals surface area contributed by atoms with Gasteiger partial charge >= 0.3 is 5.97 Å². The lowest BCUT2D eigenvalue weighted by Crippen LogP contribution is -2.46. The van der Waals surface area contributed by atoms with Gasteiger partial charge in [-0.15, -0.1) is 0 Å². The molecule has 3 rings (SSSR count). The van der Waals surface area contributed by atoms with E-state index in [1.54, 1.807) is 31.2 Å². The molecule has 1 unspecified atom stereocenters. The molecule has 0 aromatic heterocycles. The van der Waals surface area contributed by atoms with Gasteiger partial charge in [0.25, 0.3) is 11.6 Å². The summed E-state index contributed by atoms with van der Waals surface area (Å²) in [4.78, 5) is 35.6. The zero-order valence-electron chi connectivity index (χ0n) is 16.1.